The molecule has 5 nitrogen and oxygen atoms in total. The van der Waals surface area contributed by atoms with Gasteiger partial charge in [0.25, 0.3) is 0 Å². The van der Waals surface area contributed by atoms with E-state index in [-0.39, 0.29) is 5.91 Å². The van der Waals surface area contributed by atoms with Gasteiger partial charge in [-0.2, -0.15) is 0 Å². The van der Waals surface area contributed by atoms with Crippen LogP contribution in [0.4, 0.5) is 5.13 Å². The predicted octanol–water partition coefficient (Wildman–Crippen LogP) is 2.09. The van der Waals surface area contributed by atoms with Crippen molar-refractivity contribution in [2.75, 3.05) is 31.1 Å². The van der Waals surface area contributed by atoms with Crippen LogP contribution in [0, 0.1) is 0 Å². The first-order valence-corrected chi connectivity index (χ1v) is 8.70. The van der Waals surface area contributed by atoms with Crippen LogP contribution in [-0.4, -0.2) is 48.0 Å². The SMILES string of the molecule is CCN(C(C)=O)c1nc(CN(CC)C2CCCNC2)cs1. The molecule has 2 heterocycles. The number of carbonyl (C=O) groups excluding carboxylic acids is 1. The second-order valence-electron chi connectivity index (χ2n) is 5.45. The van der Waals surface area contributed by atoms with E-state index in [2.05, 4.69) is 27.5 Å². The Labute approximate surface area is 131 Å². The molecule has 0 bridgehead atoms. The molecule has 0 aliphatic carbocycles. The number of amides is 1. The van der Waals surface area contributed by atoms with E-state index in [1.54, 1.807) is 23.2 Å². The summed E-state index contributed by atoms with van der Waals surface area (Å²) in [4.78, 5) is 20.4. The van der Waals surface area contributed by atoms with Crippen molar-refractivity contribution in [2.24, 2.45) is 0 Å². The molecule has 1 aromatic heterocycles. The summed E-state index contributed by atoms with van der Waals surface area (Å²) in [6, 6.07) is 0.601. The zero-order chi connectivity index (χ0) is 15.2. The quantitative estimate of drug-likeness (QED) is 0.874. The smallest absolute Gasteiger partial charge is 0.225 e. The van der Waals surface area contributed by atoms with Crippen LogP contribution in [0.3, 0.4) is 0 Å². The molecule has 0 saturated carbocycles. The van der Waals surface area contributed by atoms with Crippen molar-refractivity contribution in [3.63, 3.8) is 0 Å². The van der Waals surface area contributed by atoms with Crippen LogP contribution in [0.25, 0.3) is 0 Å². The van der Waals surface area contributed by atoms with Gasteiger partial charge in [0, 0.05) is 38.0 Å². The molecule has 1 aromatic rings. The van der Waals surface area contributed by atoms with Crippen molar-refractivity contribution in [3.8, 4) is 0 Å². The van der Waals surface area contributed by atoms with Crippen molar-refractivity contribution in [3.05, 3.63) is 11.1 Å². The maximum atomic E-state index is 11.6. The standard InChI is InChI=1S/C15H26N4OS/c1-4-18(14-7-6-8-16-9-14)10-13-11-21-15(17-13)19(5-2)12(3)20/h11,14,16H,4-10H2,1-3H3. The van der Waals surface area contributed by atoms with Gasteiger partial charge in [-0.3, -0.25) is 14.6 Å². The summed E-state index contributed by atoms with van der Waals surface area (Å²) in [6.07, 6.45) is 2.50. The molecule has 6 heteroatoms. The summed E-state index contributed by atoms with van der Waals surface area (Å²) in [7, 11) is 0. The molecule has 1 fully saturated rings. The highest BCUT2D eigenvalue weighted by molar-refractivity contribution is 7.14. The summed E-state index contributed by atoms with van der Waals surface area (Å²) < 4.78 is 0. The molecule has 1 aliphatic heterocycles. The van der Waals surface area contributed by atoms with Gasteiger partial charge in [0.05, 0.1) is 5.69 Å². The molecule has 1 aliphatic rings. The number of hydrogen-bond acceptors (Lipinski definition) is 5. The summed E-state index contributed by atoms with van der Waals surface area (Å²) in [5.74, 6) is 0.0576. The largest absolute Gasteiger partial charge is 0.315 e. The number of carbonyl (C=O) groups is 1. The first-order valence-electron chi connectivity index (χ1n) is 7.83. The average molecular weight is 310 g/mol. The lowest BCUT2D eigenvalue weighted by Gasteiger charge is -2.33. The third kappa shape index (κ3) is 4.25. The average Bonchev–Trinajstić information content (AvgIpc) is 2.94. The second kappa shape index (κ2) is 7.87. The Morgan fingerprint density at radius 2 is 2.29 bits per heavy atom. The van der Waals surface area contributed by atoms with Gasteiger partial charge in [-0.05, 0) is 32.9 Å². The van der Waals surface area contributed by atoms with Crippen LogP contribution < -0.4 is 10.2 Å². The molecule has 2 rings (SSSR count). The summed E-state index contributed by atoms with van der Waals surface area (Å²) in [5.41, 5.74) is 1.07. The Morgan fingerprint density at radius 3 is 2.86 bits per heavy atom. The molecule has 1 N–H and O–H groups in total. The third-order valence-electron chi connectivity index (χ3n) is 4.03. The van der Waals surface area contributed by atoms with E-state index in [9.17, 15) is 4.79 Å². The molecule has 118 valence electrons. The monoisotopic (exact) mass is 310 g/mol. The second-order valence-corrected chi connectivity index (χ2v) is 6.28. The molecule has 1 amide bonds. The van der Waals surface area contributed by atoms with Crippen molar-refractivity contribution >= 4 is 22.4 Å². The first kappa shape index (κ1) is 16.4. The highest BCUT2D eigenvalue weighted by Gasteiger charge is 2.21. The lowest BCUT2D eigenvalue weighted by Crippen LogP contribution is -2.45. The number of aromatic nitrogens is 1. The summed E-state index contributed by atoms with van der Waals surface area (Å²) >= 11 is 1.56. The summed E-state index contributed by atoms with van der Waals surface area (Å²) in [6.45, 7) is 10.6. The van der Waals surface area contributed by atoms with Crippen LogP contribution in [0.1, 0.15) is 39.3 Å². The van der Waals surface area contributed by atoms with Crippen LogP contribution in [0.5, 0.6) is 0 Å². The van der Waals surface area contributed by atoms with Crippen molar-refractivity contribution in [2.45, 2.75) is 46.2 Å². The Morgan fingerprint density at radius 1 is 1.48 bits per heavy atom. The molecule has 1 atom stereocenters. The molecule has 1 saturated heterocycles. The zero-order valence-electron chi connectivity index (χ0n) is 13.3. The molecule has 1 unspecified atom stereocenters. The van der Waals surface area contributed by atoms with Crippen LogP contribution >= 0.6 is 11.3 Å². The van der Waals surface area contributed by atoms with Crippen molar-refractivity contribution in [1.82, 2.24) is 15.2 Å². The van der Waals surface area contributed by atoms with Gasteiger partial charge in [0.1, 0.15) is 0 Å². The number of nitrogens with one attached hydrogen (secondary N) is 1. The van der Waals surface area contributed by atoms with Crippen molar-refractivity contribution in [1.29, 1.82) is 0 Å². The number of rotatable bonds is 6. The molecule has 0 spiro atoms. The third-order valence-corrected chi connectivity index (χ3v) is 4.94. The molecule has 0 aromatic carbocycles. The van der Waals surface area contributed by atoms with E-state index in [1.165, 1.54) is 12.8 Å². The van der Waals surface area contributed by atoms with Gasteiger partial charge in [-0.1, -0.05) is 6.92 Å². The fourth-order valence-corrected chi connectivity index (χ4v) is 3.76. The Hall–Kier alpha value is -0.980. The molecular weight excluding hydrogens is 284 g/mol. The van der Waals surface area contributed by atoms with Crippen LogP contribution in [-0.2, 0) is 11.3 Å². The molecule has 0 radical (unpaired) electrons. The maximum Gasteiger partial charge on any atom is 0.225 e. The van der Waals surface area contributed by atoms with E-state index >= 15 is 0 Å². The minimum absolute atomic E-state index is 0.0576. The van der Waals surface area contributed by atoms with Gasteiger partial charge in [0.15, 0.2) is 5.13 Å². The predicted molar refractivity (Wildman–Crippen MR) is 87.8 cm³/mol. The number of hydrogen-bond donors (Lipinski definition) is 1. The lowest BCUT2D eigenvalue weighted by atomic mass is 10.1. The number of thiazole rings is 1. The van der Waals surface area contributed by atoms with E-state index in [4.69, 9.17) is 0 Å². The van der Waals surface area contributed by atoms with E-state index in [1.807, 2.05) is 6.92 Å². The first-order chi connectivity index (χ1) is 10.2. The number of likely N-dealkylation sites (N-methyl/N-ethyl adjacent to an activating group) is 1. The topological polar surface area (TPSA) is 48.5 Å². The Kier molecular flexibility index (Phi) is 6.14. The maximum absolute atomic E-state index is 11.6. The van der Waals surface area contributed by atoms with E-state index in [0.29, 0.717) is 12.6 Å². The molecular formula is C15H26N4OS. The number of nitrogens with zero attached hydrogens (tertiary/aromatic N) is 3. The number of anilines is 1. The van der Waals surface area contributed by atoms with Gasteiger partial charge in [-0.25, -0.2) is 4.98 Å². The van der Waals surface area contributed by atoms with Crippen LogP contribution in [0.15, 0.2) is 5.38 Å². The van der Waals surface area contributed by atoms with Gasteiger partial charge in [0.2, 0.25) is 5.91 Å². The fraction of sp³-hybridized carbons (Fsp3) is 0.733. The minimum Gasteiger partial charge on any atom is -0.315 e. The Balaban J connectivity index is 2.01. The van der Waals surface area contributed by atoms with E-state index < -0.39 is 0 Å². The minimum atomic E-state index is 0.0576. The zero-order valence-corrected chi connectivity index (χ0v) is 14.1. The molecule has 21 heavy (non-hydrogen) atoms. The number of piperidine rings is 1. The van der Waals surface area contributed by atoms with E-state index in [0.717, 1.165) is 37.0 Å². The van der Waals surface area contributed by atoms with Gasteiger partial charge < -0.3 is 5.32 Å². The van der Waals surface area contributed by atoms with Crippen molar-refractivity contribution < 1.29 is 4.79 Å². The normalized spacial score (nSPS) is 19.0. The lowest BCUT2D eigenvalue weighted by molar-refractivity contribution is -0.116. The van der Waals surface area contributed by atoms with Crippen LogP contribution in [0.2, 0.25) is 0 Å². The highest BCUT2D eigenvalue weighted by atomic mass is 32.1. The Bertz CT molecular complexity index is 456. The van der Waals surface area contributed by atoms with Gasteiger partial charge in [-0.15, -0.1) is 11.3 Å². The summed E-state index contributed by atoms with van der Waals surface area (Å²) in [5, 5.41) is 6.37. The fourth-order valence-electron chi connectivity index (χ4n) is 2.84. The highest BCUT2D eigenvalue weighted by Crippen LogP contribution is 2.22. The van der Waals surface area contributed by atoms with Gasteiger partial charge >= 0.3 is 0 Å².